The van der Waals surface area contributed by atoms with Gasteiger partial charge in [0.2, 0.25) is 0 Å². The van der Waals surface area contributed by atoms with E-state index in [-0.39, 0.29) is 5.75 Å². The molecule has 1 aliphatic heterocycles. The van der Waals surface area contributed by atoms with Crippen LogP contribution in [0.25, 0.3) is 33.5 Å². The minimum absolute atomic E-state index is 0.174. The number of nitriles is 1. The Balaban J connectivity index is 1.58. The molecule has 0 bridgehead atoms. The highest BCUT2D eigenvalue weighted by molar-refractivity contribution is 5.96. The molecule has 3 N–H and O–H groups in total. The number of phenolic OH excluding ortho intramolecular Hbond substituents is 1. The van der Waals surface area contributed by atoms with E-state index in [9.17, 15) is 10.4 Å². The Bertz CT molecular complexity index is 1280. The average Bonchev–Trinajstić information content (AvgIpc) is 3.25. The Kier molecular flexibility index (Phi) is 4.77. The van der Waals surface area contributed by atoms with Crippen LogP contribution in [0, 0.1) is 18.3 Å². The van der Waals surface area contributed by atoms with Gasteiger partial charge in [0.05, 0.1) is 16.6 Å². The Morgan fingerprint density at radius 2 is 1.61 bits per heavy atom. The largest absolute Gasteiger partial charge is 0.508 e. The summed E-state index contributed by atoms with van der Waals surface area (Å²) in [6.07, 6.45) is 0. The number of anilines is 1. The third-order valence-electron chi connectivity index (χ3n) is 5.83. The maximum Gasteiger partial charge on any atom is 0.156 e. The zero-order valence-corrected chi connectivity index (χ0v) is 17.2. The number of nitrogens with one attached hydrogen (secondary N) is 2. The Morgan fingerprint density at radius 1 is 0.968 bits per heavy atom. The first-order valence-electron chi connectivity index (χ1n) is 10.3. The van der Waals surface area contributed by atoms with Crippen LogP contribution >= 0.6 is 0 Å². The number of H-pyrrole nitrogens is 1. The summed E-state index contributed by atoms with van der Waals surface area (Å²) in [7, 11) is 0. The summed E-state index contributed by atoms with van der Waals surface area (Å²) in [5.41, 5.74) is 6.32. The summed E-state index contributed by atoms with van der Waals surface area (Å²) in [6, 6.07) is 17.4. The quantitative estimate of drug-likeness (QED) is 0.477. The third-order valence-corrected chi connectivity index (χ3v) is 5.83. The smallest absolute Gasteiger partial charge is 0.156 e. The molecule has 0 amide bonds. The number of pyridine rings is 1. The van der Waals surface area contributed by atoms with Crippen molar-refractivity contribution < 1.29 is 5.11 Å². The molecule has 0 radical (unpaired) electrons. The number of aryl methyl sites for hydroxylation is 1. The lowest BCUT2D eigenvalue weighted by Gasteiger charge is -2.29. The number of fused-ring (bicyclic) bond motifs is 1. The number of nitrogens with zero attached hydrogens (tertiary/aromatic N) is 4. The van der Waals surface area contributed by atoms with Crippen molar-refractivity contribution in [2.75, 3.05) is 31.1 Å². The van der Waals surface area contributed by atoms with Crippen LogP contribution in [0.4, 0.5) is 5.69 Å². The maximum absolute atomic E-state index is 9.87. The normalized spacial score (nSPS) is 14.0. The lowest BCUT2D eigenvalue weighted by atomic mass is 9.97. The zero-order valence-electron chi connectivity index (χ0n) is 17.2. The summed E-state index contributed by atoms with van der Waals surface area (Å²) < 4.78 is 0. The molecule has 1 saturated heterocycles. The molecule has 0 atom stereocenters. The molecule has 2 aromatic carbocycles. The van der Waals surface area contributed by atoms with Crippen molar-refractivity contribution in [1.82, 2.24) is 20.5 Å². The molecule has 154 valence electrons. The minimum atomic E-state index is 0.174. The van der Waals surface area contributed by atoms with E-state index < -0.39 is 0 Å². The van der Waals surface area contributed by atoms with Gasteiger partial charge in [-0.2, -0.15) is 10.4 Å². The summed E-state index contributed by atoms with van der Waals surface area (Å²) in [5, 5.41) is 31.3. The third kappa shape index (κ3) is 3.37. The summed E-state index contributed by atoms with van der Waals surface area (Å²) in [5.74, 6) is 0.174. The molecule has 0 saturated carbocycles. The van der Waals surface area contributed by atoms with E-state index in [1.54, 1.807) is 24.3 Å². The van der Waals surface area contributed by atoms with Crippen LogP contribution in [0.1, 0.15) is 11.1 Å². The van der Waals surface area contributed by atoms with Crippen molar-refractivity contribution in [1.29, 1.82) is 5.26 Å². The summed E-state index contributed by atoms with van der Waals surface area (Å²) >= 11 is 0. The Morgan fingerprint density at radius 3 is 2.29 bits per heavy atom. The number of aromatic hydroxyl groups is 1. The van der Waals surface area contributed by atoms with Crippen LogP contribution in [0.2, 0.25) is 0 Å². The highest BCUT2D eigenvalue weighted by Crippen LogP contribution is 2.35. The maximum atomic E-state index is 9.87. The number of hydrogen-bond acceptors (Lipinski definition) is 6. The van der Waals surface area contributed by atoms with Gasteiger partial charge in [-0.05, 0) is 48.9 Å². The Hall–Kier alpha value is -3.89. The van der Waals surface area contributed by atoms with Crippen molar-refractivity contribution in [3.63, 3.8) is 0 Å². The first-order chi connectivity index (χ1) is 15.2. The first kappa shape index (κ1) is 19.1. The second-order valence-corrected chi connectivity index (χ2v) is 7.70. The van der Waals surface area contributed by atoms with Crippen LogP contribution in [0.5, 0.6) is 5.75 Å². The van der Waals surface area contributed by atoms with Crippen molar-refractivity contribution in [2.45, 2.75) is 6.92 Å². The number of hydrogen-bond donors (Lipinski definition) is 3. The second-order valence-electron chi connectivity index (χ2n) is 7.70. The number of benzene rings is 2. The first-order valence-corrected chi connectivity index (χ1v) is 10.3. The van der Waals surface area contributed by atoms with Crippen molar-refractivity contribution in [3.8, 4) is 34.3 Å². The van der Waals surface area contributed by atoms with Crippen LogP contribution in [-0.2, 0) is 0 Å². The highest BCUT2D eigenvalue weighted by Gasteiger charge is 2.19. The van der Waals surface area contributed by atoms with Crippen molar-refractivity contribution >= 4 is 16.7 Å². The van der Waals surface area contributed by atoms with Gasteiger partial charge in [0, 0.05) is 43.0 Å². The lowest BCUT2D eigenvalue weighted by molar-refractivity contribution is 0.475. The van der Waals surface area contributed by atoms with E-state index in [2.05, 4.69) is 50.7 Å². The van der Waals surface area contributed by atoms with Gasteiger partial charge in [0.1, 0.15) is 17.5 Å². The molecule has 0 aliphatic carbocycles. The van der Waals surface area contributed by atoms with Crippen molar-refractivity contribution in [2.24, 2.45) is 0 Å². The van der Waals surface area contributed by atoms with Crippen LogP contribution in [-0.4, -0.2) is 46.5 Å². The second kappa shape index (κ2) is 7.74. The molecular weight excluding hydrogens is 388 g/mol. The van der Waals surface area contributed by atoms with Gasteiger partial charge in [0.15, 0.2) is 5.65 Å². The number of piperazine rings is 1. The molecule has 7 heteroatoms. The topological polar surface area (TPSA) is 101 Å². The van der Waals surface area contributed by atoms with E-state index in [1.807, 2.05) is 6.92 Å². The average molecular weight is 410 g/mol. The lowest BCUT2D eigenvalue weighted by Crippen LogP contribution is -2.43. The van der Waals surface area contributed by atoms with E-state index in [0.717, 1.165) is 53.9 Å². The van der Waals surface area contributed by atoms with Crippen molar-refractivity contribution in [3.05, 3.63) is 59.7 Å². The van der Waals surface area contributed by atoms with Gasteiger partial charge in [-0.1, -0.05) is 12.1 Å². The van der Waals surface area contributed by atoms with Crippen LogP contribution < -0.4 is 10.2 Å². The number of phenols is 1. The molecular formula is C24H22N6O. The van der Waals surface area contributed by atoms with Gasteiger partial charge in [-0.15, -0.1) is 0 Å². The zero-order chi connectivity index (χ0) is 21.4. The Labute approximate surface area is 180 Å². The molecule has 7 nitrogen and oxygen atoms in total. The molecule has 1 aliphatic rings. The molecule has 0 spiro atoms. The monoisotopic (exact) mass is 410 g/mol. The predicted octanol–water partition coefficient (Wildman–Crippen LogP) is 3.59. The predicted molar refractivity (Wildman–Crippen MR) is 121 cm³/mol. The molecule has 0 unspecified atom stereocenters. The fraction of sp³-hybridized carbons (Fsp3) is 0.208. The van der Waals surface area contributed by atoms with E-state index in [1.165, 1.54) is 5.69 Å². The minimum Gasteiger partial charge on any atom is -0.508 e. The molecule has 3 heterocycles. The number of rotatable bonds is 3. The van der Waals surface area contributed by atoms with E-state index >= 15 is 0 Å². The van der Waals surface area contributed by atoms with Crippen LogP contribution in [0.15, 0.2) is 48.5 Å². The van der Waals surface area contributed by atoms with Gasteiger partial charge in [0.25, 0.3) is 0 Å². The molecule has 2 aromatic heterocycles. The fourth-order valence-electron chi connectivity index (χ4n) is 4.17. The van der Waals surface area contributed by atoms with Crippen LogP contribution in [0.3, 0.4) is 0 Å². The SMILES string of the molecule is Cc1c(C#N)c(-c2ccc(O)cc2)nc2[nH]nc(-c3ccc(N4CCNCC4)cc3)c12. The molecule has 4 aromatic rings. The molecule has 31 heavy (non-hydrogen) atoms. The number of aromatic amines is 1. The van der Waals surface area contributed by atoms with Gasteiger partial charge in [-0.25, -0.2) is 4.98 Å². The summed E-state index contributed by atoms with van der Waals surface area (Å²) in [6.45, 7) is 5.92. The highest BCUT2D eigenvalue weighted by atomic mass is 16.3. The molecule has 5 rings (SSSR count). The van der Waals surface area contributed by atoms with Gasteiger partial charge in [-0.3, -0.25) is 5.10 Å². The fourth-order valence-corrected chi connectivity index (χ4v) is 4.17. The summed E-state index contributed by atoms with van der Waals surface area (Å²) in [4.78, 5) is 7.08. The van der Waals surface area contributed by atoms with Gasteiger partial charge >= 0.3 is 0 Å². The van der Waals surface area contributed by atoms with E-state index in [0.29, 0.717) is 16.9 Å². The standard InChI is InChI=1S/C24H22N6O/c1-15-20(14-25)22(16-4-8-19(31)9-5-16)27-24-21(15)23(28-29-24)17-2-6-18(7-3-17)30-12-10-26-11-13-30/h2-9,26,31H,10-13H2,1H3,(H,27,28,29). The molecule has 1 fully saturated rings. The number of aromatic nitrogens is 3. The van der Waals surface area contributed by atoms with E-state index in [4.69, 9.17) is 4.98 Å². The van der Waals surface area contributed by atoms with Gasteiger partial charge < -0.3 is 15.3 Å².